The fraction of sp³-hybridized carbons (Fsp3) is 0.333. The number of halogens is 1. The second-order valence-corrected chi connectivity index (χ2v) is 7.24. The van der Waals surface area contributed by atoms with Gasteiger partial charge in [-0.05, 0) is 17.7 Å². The van der Waals surface area contributed by atoms with E-state index in [1.54, 1.807) is 18.2 Å². The molecular formula is C21H25ClN4O4. The number of fused-ring (bicyclic) bond motifs is 1. The molecule has 2 aliphatic rings. The molecule has 4 rings (SSSR count). The Hall–Kier alpha value is -2.81. The predicted octanol–water partition coefficient (Wildman–Crippen LogP) is 1.95. The van der Waals surface area contributed by atoms with Crippen LogP contribution in [0.1, 0.15) is 11.5 Å². The minimum Gasteiger partial charge on any atom is -0.486 e. The van der Waals surface area contributed by atoms with Gasteiger partial charge in [0.1, 0.15) is 13.2 Å². The van der Waals surface area contributed by atoms with Gasteiger partial charge in [0.25, 0.3) is 0 Å². The molecule has 4 N–H and O–H groups in total. The van der Waals surface area contributed by atoms with Gasteiger partial charge in [0.15, 0.2) is 11.5 Å². The molecule has 30 heavy (non-hydrogen) atoms. The summed E-state index contributed by atoms with van der Waals surface area (Å²) in [6.07, 6.45) is 0. The van der Waals surface area contributed by atoms with Crippen LogP contribution < -0.4 is 25.8 Å². The van der Waals surface area contributed by atoms with Gasteiger partial charge in [0.05, 0.1) is 6.54 Å². The highest BCUT2D eigenvalue weighted by Gasteiger charge is 2.32. The molecule has 0 saturated carbocycles. The summed E-state index contributed by atoms with van der Waals surface area (Å²) >= 11 is 0. The Kier molecular flexibility index (Phi) is 7.15. The van der Waals surface area contributed by atoms with Crippen LogP contribution in [0.5, 0.6) is 11.5 Å². The van der Waals surface area contributed by atoms with E-state index in [4.69, 9.17) is 15.2 Å². The smallest absolute Gasteiger partial charge is 0.325 e. The fourth-order valence-electron chi connectivity index (χ4n) is 3.75. The van der Waals surface area contributed by atoms with Crippen LogP contribution in [0.3, 0.4) is 0 Å². The molecule has 2 aliphatic heterocycles. The maximum absolute atomic E-state index is 12.3. The van der Waals surface area contributed by atoms with Crippen LogP contribution in [-0.4, -0.2) is 55.7 Å². The van der Waals surface area contributed by atoms with Gasteiger partial charge in [-0.15, -0.1) is 12.4 Å². The summed E-state index contributed by atoms with van der Waals surface area (Å²) in [5.41, 5.74) is 7.95. The number of hydrogen-bond acceptors (Lipinski definition) is 6. The van der Waals surface area contributed by atoms with Crippen LogP contribution in [0, 0.1) is 0 Å². The topological polar surface area (TPSA) is 106 Å². The lowest BCUT2D eigenvalue weighted by atomic mass is 9.95. The van der Waals surface area contributed by atoms with E-state index in [1.165, 1.54) is 5.56 Å². The number of nitrogens with one attached hydrogen (secondary N) is 2. The van der Waals surface area contributed by atoms with E-state index in [0.717, 1.165) is 0 Å². The van der Waals surface area contributed by atoms with Gasteiger partial charge in [-0.1, -0.05) is 30.3 Å². The van der Waals surface area contributed by atoms with Crippen molar-refractivity contribution in [2.75, 3.05) is 38.2 Å². The highest BCUT2D eigenvalue weighted by Crippen LogP contribution is 2.32. The van der Waals surface area contributed by atoms with Crippen molar-refractivity contribution in [1.82, 2.24) is 10.2 Å². The third-order valence-electron chi connectivity index (χ3n) is 5.09. The van der Waals surface area contributed by atoms with Crippen molar-refractivity contribution in [3.8, 4) is 11.5 Å². The first-order valence-corrected chi connectivity index (χ1v) is 9.62. The predicted molar refractivity (Wildman–Crippen MR) is 115 cm³/mol. The molecule has 3 amide bonds. The van der Waals surface area contributed by atoms with E-state index in [-0.39, 0.29) is 36.8 Å². The average Bonchev–Trinajstić information content (AvgIpc) is 3.08. The number of carbonyl (C=O) groups excluding carboxylic acids is 2. The molecule has 2 atom stereocenters. The number of benzene rings is 2. The van der Waals surface area contributed by atoms with Crippen molar-refractivity contribution in [1.29, 1.82) is 0 Å². The van der Waals surface area contributed by atoms with Crippen molar-refractivity contribution in [3.05, 3.63) is 54.1 Å². The molecule has 8 nitrogen and oxygen atoms in total. The summed E-state index contributed by atoms with van der Waals surface area (Å²) in [6, 6.07) is 14.5. The van der Waals surface area contributed by atoms with Crippen molar-refractivity contribution in [2.24, 2.45) is 5.73 Å². The van der Waals surface area contributed by atoms with Crippen LogP contribution in [-0.2, 0) is 4.79 Å². The van der Waals surface area contributed by atoms with E-state index < -0.39 is 6.03 Å². The van der Waals surface area contributed by atoms with Gasteiger partial charge in [-0.3, -0.25) is 15.0 Å². The zero-order valence-corrected chi connectivity index (χ0v) is 17.2. The van der Waals surface area contributed by atoms with E-state index in [0.29, 0.717) is 43.5 Å². The SMILES string of the molecule is Cl.N[C@@H]1CN(CC(=O)NC(=O)Nc2ccc3c(c2)OCCO3)C[C@H]1c1ccccc1. The summed E-state index contributed by atoms with van der Waals surface area (Å²) in [5, 5.41) is 5.00. The molecule has 0 aromatic heterocycles. The molecule has 2 heterocycles. The van der Waals surface area contributed by atoms with Gasteiger partial charge in [0.2, 0.25) is 5.91 Å². The molecular weight excluding hydrogens is 408 g/mol. The van der Waals surface area contributed by atoms with E-state index in [2.05, 4.69) is 22.8 Å². The molecule has 0 radical (unpaired) electrons. The number of hydrogen-bond donors (Lipinski definition) is 3. The van der Waals surface area contributed by atoms with Crippen molar-refractivity contribution < 1.29 is 19.1 Å². The van der Waals surface area contributed by atoms with Crippen molar-refractivity contribution >= 4 is 30.0 Å². The lowest BCUT2D eigenvalue weighted by Crippen LogP contribution is -2.41. The number of nitrogens with zero attached hydrogens (tertiary/aromatic N) is 1. The monoisotopic (exact) mass is 432 g/mol. The number of rotatable bonds is 4. The first-order chi connectivity index (χ1) is 14.1. The maximum Gasteiger partial charge on any atom is 0.325 e. The van der Waals surface area contributed by atoms with Gasteiger partial charge in [0, 0.05) is 36.8 Å². The van der Waals surface area contributed by atoms with Gasteiger partial charge in [-0.25, -0.2) is 4.79 Å². The molecule has 2 aromatic carbocycles. The molecule has 0 aliphatic carbocycles. The lowest BCUT2D eigenvalue weighted by molar-refractivity contribution is -0.120. The second kappa shape index (κ2) is 9.80. The Morgan fingerprint density at radius 2 is 1.77 bits per heavy atom. The van der Waals surface area contributed by atoms with Crippen LogP contribution in [0.25, 0.3) is 0 Å². The highest BCUT2D eigenvalue weighted by atomic mass is 35.5. The second-order valence-electron chi connectivity index (χ2n) is 7.24. The summed E-state index contributed by atoms with van der Waals surface area (Å²) < 4.78 is 10.9. The van der Waals surface area contributed by atoms with Crippen LogP contribution in [0.15, 0.2) is 48.5 Å². The van der Waals surface area contributed by atoms with Crippen molar-refractivity contribution in [3.63, 3.8) is 0 Å². The van der Waals surface area contributed by atoms with E-state index in [1.807, 2.05) is 23.1 Å². The summed E-state index contributed by atoms with van der Waals surface area (Å²) in [5.74, 6) is 1.01. The number of likely N-dealkylation sites (tertiary alicyclic amines) is 1. The molecule has 160 valence electrons. The number of anilines is 1. The van der Waals surface area contributed by atoms with Gasteiger partial charge < -0.3 is 20.5 Å². The molecule has 0 spiro atoms. The Labute approximate surface area is 181 Å². The largest absolute Gasteiger partial charge is 0.486 e. The number of imide groups is 1. The molecule has 1 saturated heterocycles. The number of amides is 3. The Morgan fingerprint density at radius 1 is 1.03 bits per heavy atom. The van der Waals surface area contributed by atoms with Crippen molar-refractivity contribution in [2.45, 2.75) is 12.0 Å². The fourth-order valence-corrected chi connectivity index (χ4v) is 3.75. The molecule has 0 unspecified atom stereocenters. The standard InChI is InChI=1S/C21H24N4O4.ClH/c22-17-12-25(11-16(17)14-4-2-1-3-5-14)13-20(26)24-21(27)23-15-6-7-18-19(10-15)29-9-8-28-18;/h1-7,10,16-17H,8-9,11-13,22H2,(H2,23,24,26,27);1H/t16-,17+;/m0./s1. The minimum atomic E-state index is -0.588. The first-order valence-electron chi connectivity index (χ1n) is 9.62. The lowest BCUT2D eigenvalue weighted by Gasteiger charge is -2.19. The number of nitrogens with two attached hydrogens (primary N) is 1. The molecule has 9 heteroatoms. The zero-order chi connectivity index (χ0) is 20.2. The van der Waals surface area contributed by atoms with Gasteiger partial charge >= 0.3 is 6.03 Å². The Balaban J connectivity index is 0.00000256. The average molecular weight is 433 g/mol. The maximum atomic E-state index is 12.3. The number of carbonyl (C=O) groups is 2. The summed E-state index contributed by atoms with van der Waals surface area (Å²) in [4.78, 5) is 26.4. The molecule has 2 aromatic rings. The minimum absolute atomic E-state index is 0. The Morgan fingerprint density at radius 3 is 2.53 bits per heavy atom. The number of urea groups is 1. The van der Waals surface area contributed by atoms with Gasteiger partial charge in [-0.2, -0.15) is 0 Å². The zero-order valence-electron chi connectivity index (χ0n) is 16.4. The molecule has 0 bridgehead atoms. The summed E-state index contributed by atoms with van der Waals surface area (Å²) in [6.45, 7) is 2.37. The van der Waals surface area contributed by atoms with E-state index in [9.17, 15) is 9.59 Å². The van der Waals surface area contributed by atoms with Crippen LogP contribution in [0.2, 0.25) is 0 Å². The van der Waals surface area contributed by atoms with Crippen LogP contribution >= 0.6 is 12.4 Å². The number of ether oxygens (including phenoxy) is 2. The first kappa shape index (κ1) is 21.9. The third-order valence-corrected chi connectivity index (χ3v) is 5.09. The molecule has 1 fully saturated rings. The highest BCUT2D eigenvalue weighted by molar-refractivity contribution is 6.01. The quantitative estimate of drug-likeness (QED) is 0.682. The Bertz CT molecular complexity index is 896. The third kappa shape index (κ3) is 5.21. The van der Waals surface area contributed by atoms with Crippen LogP contribution in [0.4, 0.5) is 10.5 Å². The normalized spacial score (nSPS) is 20.2. The summed E-state index contributed by atoms with van der Waals surface area (Å²) in [7, 11) is 0. The van der Waals surface area contributed by atoms with E-state index >= 15 is 0 Å².